The molecular formula is C11H12NO. The van der Waals surface area contributed by atoms with E-state index < -0.39 is 0 Å². The molecule has 1 radical (unpaired) electrons. The van der Waals surface area contributed by atoms with Gasteiger partial charge in [-0.05, 0) is 36.1 Å². The van der Waals surface area contributed by atoms with E-state index in [1.807, 2.05) is 0 Å². The van der Waals surface area contributed by atoms with E-state index in [1.54, 1.807) is 0 Å². The zero-order chi connectivity index (χ0) is 9.26. The summed E-state index contributed by atoms with van der Waals surface area (Å²) in [5, 5.41) is 0. The van der Waals surface area contributed by atoms with Crippen LogP contribution in [0, 0.1) is 6.39 Å². The van der Waals surface area contributed by atoms with Gasteiger partial charge in [0.15, 0.2) is 5.58 Å². The van der Waals surface area contributed by atoms with Crippen LogP contribution in [-0.2, 0) is 12.8 Å². The summed E-state index contributed by atoms with van der Waals surface area (Å²) in [6, 6.07) is 4.16. The molecule has 0 aliphatic carbocycles. The highest BCUT2D eigenvalue weighted by molar-refractivity contribution is 5.74. The molecule has 1 heterocycles. The minimum atomic E-state index is 0.842. The highest BCUT2D eigenvalue weighted by Crippen LogP contribution is 2.19. The normalized spacial score (nSPS) is 10.9. The lowest BCUT2D eigenvalue weighted by Gasteiger charge is -2.03. The fraction of sp³-hybridized carbons (Fsp3) is 0.364. The summed E-state index contributed by atoms with van der Waals surface area (Å²) in [6.45, 7) is 4.31. The van der Waals surface area contributed by atoms with Crippen LogP contribution >= 0.6 is 0 Å². The first kappa shape index (κ1) is 8.30. The molecule has 0 N–H and O–H groups in total. The molecule has 2 heteroatoms. The van der Waals surface area contributed by atoms with Crippen molar-refractivity contribution in [2.75, 3.05) is 0 Å². The second-order valence-electron chi connectivity index (χ2n) is 3.10. The van der Waals surface area contributed by atoms with Crippen LogP contribution in [0.3, 0.4) is 0 Å². The molecule has 0 unspecified atom stereocenters. The Morgan fingerprint density at radius 2 is 1.92 bits per heavy atom. The maximum absolute atomic E-state index is 5.12. The molecule has 0 fully saturated rings. The lowest BCUT2D eigenvalue weighted by atomic mass is 10.0. The van der Waals surface area contributed by atoms with Gasteiger partial charge >= 0.3 is 0 Å². The second-order valence-corrected chi connectivity index (χ2v) is 3.10. The molecule has 2 nitrogen and oxygen atoms in total. The Balaban J connectivity index is 2.67. The van der Waals surface area contributed by atoms with Crippen molar-refractivity contribution in [2.45, 2.75) is 26.7 Å². The Morgan fingerprint density at radius 1 is 1.23 bits per heavy atom. The number of nitrogens with zero attached hydrogens (tertiary/aromatic N) is 1. The fourth-order valence-electron chi connectivity index (χ4n) is 1.60. The van der Waals surface area contributed by atoms with Crippen molar-refractivity contribution in [3.8, 4) is 0 Å². The molecule has 0 amide bonds. The summed E-state index contributed by atoms with van der Waals surface area (Å²) in [5.74, 6) is 0. The molecule has 0 atom stereocenters. The van der Waals surface area contributed by atoms with Crippen molar-refractivity contribution in [1.82, 2.24) is 4.98 Å². The van der Waals surface area contributed by atoms with E-state index in [4.69, 9.17) is 4.42 Å². The summed E-state index contributed by atoms with van der Waals surface area (Å²) in [5.41, 5.74) is 4.46. The van der Waals surface area contributed by atoms with Crippen molar-refractivity contribution in [3.05, 3.63) is 29.7 Å². The molecule has 0 spiro atoms. The third-order valence-electron chi connectivity index (χ3n) is 2.36. The number of aromatic nitrogens is 1. The first-order chi connectivity index (χ1) is 6.35. The van der Waals surface area contributed by atoms with Gasteiger partial charge in [-0.15, -0.1) is 0 Å². The third-order valence-corrected chi connectivity index (χ3v) is 2.36. The van der Waals surface area contributed by atoms with E-state index in [0.29, 0.717) is 0 Å². The lowest BCUT2D eigenvalue weighted by Crippen LogP contribution is -1.90. The Kier molecular flexibility index (Phi) is 2.05. The van der Waals surface area contributed by atoms with Gasteiger partial charge in [0.2, 0.25) is 0 Å². The molecule has 2 rings (SSSR count). The number of hydrogen-bond acceptors (Lipinski definition) is 2. The van der Waals surface area contributed by atoms with E-state index >= 15 is 0 Å². The summed E-state index contributed by atoms with van der Waals surface area (Å²) in [7, 11) is 0. The average Bonchev–Trinajstić information content (AvgIpc) is 2.62. The van der Waals surface area contributed by atoms with Crippen LogP contribution in [0.4, 0.5) is 0 Å². The van der Waals surface area contributed by atoms with E-state index in [1.165, 1.54) is 11.1 Å². The number of hydrogen-bond donors (Lipinski definition) is 0. The smallest absolute Gasteiger partial charge is 0.284 e. The van der Waals surface area contributed by atoms with Crippen molar-refractivity contribution in [3.63, 3.8) is 0 Å². The van der Waals surface area contributed by atoms with Crippen molar-refractivity contribution in [1.29, 1.82) is 0 Å². The molecule has 0 aliphatic heterocycles. The third kappa shape index (κ3) is 1.32. The Bertz CT molecular complexity index is 379. The Labute approximate surface area is 77.6 Å². The minimum Gasteiger partial charge on any atom is -0.432 e. The average molecular weight is 174 g/mol. The van der Waals surface area contributed by atoms with Crippen LogP contribution < -0.4 is 0 Å². The largest absolute Gasteiger partial charge is 0.432 e. The zero-order valence-electron chi connectivity index (χ0n) is 7.92. The zero-order valence-corrected chi connectivity index (χ0v) is 7.92. The number of benzene rings is 1. The monoisotopic (exact) mass is 174 g/mol. The van der Waals surface area contributed by atoms with Crippen LogP contribution in [0.1, 0.15) is 25.0 Å². The molecule has 67 valence electrons. The topological polar surface area (TPSA) is 26.0 Å². The molecule has 1 aromatic heterocycles. The van der Waals surface area contributed by atoms with Gasteiger partial charge in [-0.1, -0.05) is 13.8 Å². The Morgan fingerprint density at radius 3 is 2.62 bits per heavy atom. The molecule has 2 aromatic rings. The molecule has 13 heavy (non-hydrogen) atoms. The van der Waals surface area contributed by atoms with Crippen LogP contribution in [0.15, 0.2) is 16.5 Å². The predicted molar refractivity (Wildman–Crippen MR) is 51.6 cm³/mol. The minimum absolute atomic E-state index is 0.842. The van der Waals surface area contributed by atoms with Crippen molar-refractivity contribution in [2.24, 2.45) is 0 Å². The summed E-state index contributed by atoms with van der Waals surface area (Å²) < 4.78 is 5.12. The van der Waals surface area contributed by atoms with Gasteiger partial charge in [0.25, 0.3) is 6.39 Å². The summed E-state index contributed by atoms with van der Waals surface area (Å²) >= 11 is 0. The van der Waals surface area contributed by atoms with Crippen molar-refractivity contribution >= 4 is 11.1 Å². The highest BCUT2D eigenvalue weighted by atomic mass is 16.3. The lowest BCUT2D eigenvalue weighted by molar-refractivity contribution is 0.590. The predicted octanol–water partition coefficient (Wildman–Crippen LogP) is 2.75. The first-order valence-electron chi connectivity index (χ1n) is 4.63. The summed E-state index contributed by atoms with van der Waals surface area (Å²) in [4.78, 5) is 4.01. The van der Waals surface area contributed by atoms with Crippen LogP contribution in [0.2, 0.25) is 0 Å². The van der Waals surface area contributed by atoms with Gasteiger partial charge in [0.05, 0.1) is 0 Å². The molecule has 0 aliphatic rings. The maximum atomic E-state index is 5.12. The standard InChI is InChI=1S/C11H12NO/c1-3-8-5-10-11(13-7-12-10)6-9(8)4-2/h5-6H,3-4H2,1-2H3. The van der Waals surface area contributed by atoms with E-state index in [-0.39, 0.29) is 0 Å². The fourth-order valence-corrected chi connectivity index (χ4v) is 1.60. The Hall–Kier alpha value is -1.31. The second kappa shape index (κ2) is 3.21. The highest BCUT2D eigenvalue weighted by Gasteiger charge is 2.04. The van der Waals surface area contributed by atoms with E-state index in [2.05, 4.69) is 37.4 Å². The van der Waals surface area contributed by atoms with E-state index in [0.717, 1.165) is 23.9 Å². The van der Waals surface area contributed by atoms with Gasteiger partial charge in [0, 0.05) is 0 Å². The van der Waals surface area contributed by atoms with Crippen molar-refractivity contribution < 1.29 is 4.42 Å². The number of fused-ring (bicyclic) bond motifs is 1. The number of rotatable bonds is 2. The van der Waals surface area contributed by atoms with Gasteiger partial charge in [-0.2, -0.15) is 0 Å². The quantitative estimate of drug-likeness (QED) is 0.699. The molecule has 0 bridgehead atoms. The van der Waals surface area contributed by atoms with Gasteiger partial charge < -0.3 is 4.42 Å². The van der Waals surface area contributed by atoms with Gasteiger partial charge in [0.1, 0.15) is 5.52 Å². The van der Waals surface area contributed by atoms with Crippen LogP contribution in [0.25, 0.3) is 11.1 Å². The van der Waals surface area contributed by atoms with E-state index in [9.17, 15) is 0 Å². The van der Waals surface area contributed by atoms with Crippen LogP contribution in [0.5, 0.6) is 0 Å². The first-order valence-corrected chi connectivity index (χ1v) is 4.63. The SMILES string of the molecule is CCc1cc2n[c]oc2cc1CC. The molecule has 1 aromatic carbocycles. The maximum Gasteiger partial charge on any atom is 0.284 e. The molecule has 0 saturated heterocycles. The number of oxazole rings is 1. The van der Waals surface area contributed by atoms with Gasteiger partial charge in [-0.3, -0.25) is 0 Å². The van der Waals surface area contributed by atoms with Gasteiger partial charge in [-0.25, -0.2) is 4.98 Å². The van der Waals surface area contributed by atoms with Crippen LogP contribution in [-0.4, -0.2) is 4.98 Å². The summed E-state index contributed by atoms with van der Waals surface area (Å²) in [6.07, 6.45) is 4.60. The molecule has 0 saturated carbocycles. The number of aryl methyl sites for hydroxylation is 2. The molecular weight excluding hydrogens is 162 g/mol.